The average Bonchev–Trinajstić information content (AvgIpc) is 2.66. The summed E-state index contributed by atoms with van der Waals surface area (Å²) in [6, 6.07) is 13.0. The van der Waals surface area contributed by atoms with Crippen molar-refractivity contribution < 1.29 is 4.79 Å². The fourth-order valence-corrected chi connectivity index (χ4v) is 3.29. The molecule has 3 rings (SSSR count). The van der Waals surface area contributed by atoms with Gasteiger partial charge in [-0.2, -0.15) is 0 Å². The lowest BCUT2D eigenvalue weighted by molar-refractivity contribution is 0.0997. The van der Waals surface area contributed by atoms with Gasteiger partial charge in [0.05, 0.1) is 0 Å². The normalized spacial score (nSPS) is 11.5. The first-order valence-electron chi connectivity index (χ1n) is 7.54. The Morgan fingerprint density at radius 2 is 1.96 bits per heavy atom. The monoisotopic (exact) mass is 367 g/mol. The number of aromatic nitrogens is 1. The van der Waals surface area contributed by atoms with Gasteiger partial charge in [-0.25, -0.2) is 11.4 Å². The maximum absolute atomic E-state index is 11.6. The van der Waals surface area contributed by atoms with Crippen molar-refractivity contribution in [3.63, 3.8) is 0 Å². The van der Waals surface area contributed by atoms with Crippen molar-refractivity contribution >= 4 is 34.5 Å². The summed E-state index contributed by atoms with van der Waals surface area (Å²) in [5.41, 5.74) is 16.3. The second kappa shape index (κ2) is 7.40. The van der Waals surface area contributed by atoms with Crippen LogP contribution in [0.4, 0.5) is 0 Å². The summed E-state index contributed by atoms with van der Waals surface area (Å²) in [6.45, 7) is 0. The number of fused-ring (bicyclic) bond motifs is 1. The van der Waals surface area contributed by atoms with E-state index in [1.165, 1.54) is 0 Å². The minimum Gasteiger partial charge on any atom is -0.382 e. The number of nitrogens with two attached hydrogens (primary N) is 4. The van der Waals surface area contributed by atoms with Gasteiger partial charge in [0, 0.05) is 22.0 Å². The Bertz CT molecular complexity index is 1020. The van der Waals surface area contributed by atoms with Gasteiger partial charge in [0.1, 0.15) is 5.69 Å². The first-order chi connectivity index (χ1) is 12.6. The van der Waals surface area contributed by atoms with E-state index in [9.17, 15) is 4.79 Å². The standard InChI is InChI=1S/C17H17N7OS/c18-16(23-24-20)14-11(2-1-3-13(14)26-21)9-4-5-12-10(8-9)6-7-22-15(12)17(19)25/h1-8,24H,20-21H2,(H2,18,23)(H2,19,25). The van der Waals surface area contributed by atoms with Gasteiger partial charge in [-0.1, -0.05) is 24.3 Å². The third-order valence-electron chi connectivity index (χ3n) is 3.90. The molecule has 8 nitrogen and oxygen atoms in total. The molecule has 0 spiro atoms. The van der Waals surface area contributed by atoms with Gasteiger partial charge in [0.2, 0.25) is 0 Å². The van der Waals surface area contributed by atoms with E-state index < -0.39 is 5.91 Å². The Labute approximate surface area is 153 Å². The highest BCUT2D eigenvalue weighted by atomic mass is 32.2. The van der Waals surface area contributed by atoms with Crippen LogP contribution < -0.4 is 28.0 Å². The molecule has 132 valence electrons. The molecule has 0 radical (unpaired) electrons. The van der Waals surface area contributed by atoms with Gasteiger partial charge < -0.3 is 11.5 Å². The second-order valence-electron chi connectivity index (χ2n) is 5.38. The molecule has 2 aromatic carbocycles. The molecule has 9 N–H and O–H groups in total. The summed E-state index contributed by atoms with van der Waals surface area (Å²) in [5, 5.41) is 11.2. The van der Waals surface area contributed by atoms with Gasteiger partial charge in [0.25, 0.3) is 5.91 Å². The molecule has 0 atom stereocenters. The van der Waals surface area contributed by atoms with E-state index in [2.05, 4.69) is 15.6 Å². The molecular weight excluding hydrogens is 350 g/mol. The maximum atomic E-state index is 11.6. The Hall–Kier alpha value is -3.14. The predicted octanol–water partition coefficient (Wildman–Crippen LogP) is 1.05. The van der Waals surface area contributed by atoms with Crippen LogP contribution in [0.3, 0.4) is 0 Å². The molecule has 0 fully saturated rings. The summed E-state index contributed by atoms with van der Waals surface area (Å²) in [7, 11) is 0. The van der Waals surface area contributed by atoms with Gasteiger partial charge in [-0.15, -0.1) is 5.10 Å². The third kappa shape index (κ3) is 3.18. The van der Waals surface area contributed by atoms with Crippen molar-refractivity contribution in [2.24, 2.45) is 27.6 Å². The van der Waals surface area contributed by atoms with Crippen LogP contribution in [0.15, 0.2) is 58.7 Å². The Kier molecular flexibility index (Phi) is 5.03. The van der Waals surface area contributed by atoms with Crippen molar-refractivity contribution in [3.05, 3.63) is 59.9 Å². The van der Waals surface area contributed by atoms with Crippen molar-refractivity contribution in [3.8, 4) is 11.1 Å². The Balaban J connectivity index is 2.24. The summed E-state index contributed by atoms with van der Waals surface area (Å²) in [6.07, 6.45) is 1.55. The van der Waals surface area contributed by atoms with E-state index in [0.717, 1.165) is 33.4 Å². The van der Waals surface area contributed by atoms with Crippen LogP contribution in [0.2, 0.25) is 0 Å². The number of amides is 1. The van der Waals surface area contributed by atoms with Crippen LogP contribution in [-0.4, -0.2) is 16.7 Å². The highest BCUT2D eigenvalue weighted by molar-refractivity contribution is 7.97. The topological polar surface area (TPSA) is 158 Å². The summed E-state index contributed by atoms with van der Waals surface area (Å²) < 4.78 is 0. The Morgan fingerprint density at radius 3 is 2.65 bits per heavy atom. The minimum atomic E-state index is -0.573. The van der Waals surface area contributed by atoms with E-state index in [4.69, 9.17) is 22.4 Å². The highest BCUT2D eigenvalue weighted by Crippen LogP contribution is 2.32. The van der Waals surface area contributed by atoms with E-state index in [-0.39, 0.29) is 11.5 Å². The van der Waals surface area contributed by atoms with E-state index in [0.29, 0.717) is 10.9 Å². The number of carbonyl (C=O) groups excluding carboxylic acids is 1. The quantitative estimate of drug-likeness (QED) is 0.148. The molecule has 0 saturated heterocycles. The van der Waals surface area contributed by atoms with Crippen LogP contribution in [0, 0.1) is 0 Å². The minimum absolute atomic E-state index is 0.212. The highest BCUT2D eigenvalue weighted by Gasteiger charge is 2.15. The van der Waals surface area contributed by atoms with Crippen molar-refractivity contribution in [1.29, 1.82) is 0 Å². The van der Waals surface area contributed by atoms with Crippen molar-refractivity contribution in [2.75, 3.05) is 0 Å². The zero-order valence-electron chi connectivity index (χ0n) is 13.6. The lowest BCUT2D eigenvalue weighted by Gasteiger charge is -2.14. The lowest BCUT2D eigenvalue weighted by Crippen LogP contribution is -2.24. The molecule has 9 heteroatoms. The third-order valence-corrected chi connectivity index (χ3v) is 4.50. The summed E-state index contributed by atoms with van der Waals surface area (Å²) in [4.78, 5) is 16.4. The molecular formula is C17H17N7OS. The number of nitrogens with one attached hydrogen (secondary N) is 1. The molecule has 0 saturated carbocycles. The number of nitrogens with zero attached hydrogens (tertiary/aromatic N) is 2. The zero-order chi connectivity index (χ0) is 18.7. The fraction of sp³-hybridized carbons (Fsp3) is 0. The largest absolute Gasteiger partial charge is 0.382 e. The Morgan fingerprint density at radius 1 is 1.15 bits per heavy atom. The number of carbonyl (C=O) groups is 1. The van der Waals surface area contributed by atoms with Gasteiger partial charge in [-0.05, 0) is 46.7 Å². The van der Waals surface area contributed by atoms with Crippen LogP contribution in [0.25, 0.3) is 21.9 Å². The molecule has 26 heavy (non-hydrogen) atoms. The predicted molar refractivity (Wildman–Crippen MR) is 104 cm³/mol. The van der Waals surface area contributed by atoms with Crippen LogP contribution in [0.5, 0.6) is 0 Å². The smallest absolute Gasteiger partial charge is 0.267 e. The number of primary amides is 1. The number of rotatable bonds is 5. The van der Waals surface area contributed by atoms with Crippen molar-refractivity contribution in [2.45, 2.75) is 4.90 Å². The number of hydrogen-bond donors (Lipinski definition) is 5. The van der Waals surface area contributed by atoms with Crippen molar-refractivity contribution in [1.82, 2.24) is 10.5 Å². The number of hydrogen-bond acceptors (Lipinski definition) is 7. The number of pyridine rings is 1. The summed E-state index contributed by atoms with van der Waals surface area (Å²) >= 11 is 1.07. The fourth-order valence-electron chi connectivity index (χ4n) is 2.80. The molecule has 0 bridgehead atoms. The molecule has 0 aliphatic heterocycles. The molecule has 1 heterocycles. The molecule has 0 aliphatic rings. The van der Waals surface area contributed by atoms with Crippen LogP contribution >= 0.6 is 11.9 Å². The number of benzene rings is 2. The van der Waals surface area contributed by atoms with Gasteiger partial charge in [-0.3, -0.25) is 14.9 Å². The van der Waals surface area contributed by atoms with Gasteiger partial charge >= 0.3 is 0 Å². The lowest BCUT2D eigenvalue weighted by atomic mass is 9.96. The van der Waals surface area contributed by atoms with E-state index >= 15 is 0 Å². The molecule has 3 aromatic rings. The molecule has 1 aromatic heterocycles. The van der Waals surface area contributed by atoms with Crippen LogP contribution in [-0.2, 0) is 0 Å². The second-order valence-corrected chi connectivity index (χ2v) is 6.06. The first-order valence-corrected chi connectivity index (χ1v) is 8.42. The zero-order valence-corrected chi connectivity index (χ0v) is 14.5. The number of hydrazine groups is 1. The number of hydrazone groups is 1. The average molecular weight is 367 g/mol. The maximum Gasteiger partial charge on any atom is 0.267 e. The first kappa shape index (κ1) is 17.7. The van der Waals surface area contributed by atoms with E-state index in [1.54, 1.807) is 12.3 Å². The van der Waals surface area contributed by atoms with Crippen LogP contribution in [0.1, 0.15) is 16.1 Å². The molecule has 1 amide bonds. The number of amidine groups is 1. The SMILES string of the molecule is NN/N=C(\N)c1c(SN)cccc1-c1ccc2c(C(N)=O)nccc2c1. The molecule has 0 aliphatic carbocycles. The summed E-state index contributed by atoms with van der Waals surface area (Å²) in [5.74, 6) is 4.90. The van der Waals surface area contributed by atoms with E-state index in [1.807, 2.05) is 36.4 Å². The molecule has 0 unspecified atom stereocenters. The van der Waals surface area contributed by atoms with Gasteiger partial charge in [0.15, 0.2) is 5.84 Å².